The lowest BCUT2D eigenvalue weighted by atomic mass is 10.1. The van der Waals surface area contributed by atoms with Gasteiger partial charge in [0.1, 0.15) is 0 Å². The molecule has 0 spiro atoms. The minimum atomic E-state index is -3.89. The van der Waals surface area contributed by atoms with Crippen LogP contribution in [-0.4, -0.2) is 22.8 Å². The highest BCUT2D eigenvalue weighted by molar-refractivity contribution is 7.48. The molecule has 0 bridgehead atoms. The number of hydrogen-bond donors (Lipinski definition) is 0. The van der Waals surface area contributed by atoms with Gasteiger partial charge in [0.25, 0.3) is 5.88 Å². The largest absolute Gasteiger partial charge is 0.531 e. The van der Waals surface area contributed by atoms with E-state index in [0.29, 0.717) is 11.0 Å². The van der Waals surface area contributed by atoms with E-state index in [1.54, 1.807) is 30.5 Å². The minimum absolute atomic E-state index is 0.123. The van der Waals surface area contributed by atoms with Crippen LogP contribution >= 0.6 is 7.82 Å². The minimum Gasteiger partial charge on any atom is -0.379 e. The van der Waals surface area contributed by atoms with Crippen molar-refractivity contribution in [2.45, 2.75) is 40.2 Å². The molecule has 1 aromatic heterocycles. The summed E-state index contributed by atoms with van der Waals surface area (Å²) in [4.78, 5) is 17.1. The third-order valence-corrected chi connectivity index (χ3v) is 4.72. The van der Waals surface area contributed by atoms with Gasteiger partial charge < -0.3 is 4.52 Å². The van der Waals surface area contributed by atoms with Crippen molar-refractivity contribution in [1.29, 1.82) is 0 Å². The normalized spacial score (nSPS) is 12.5. The lowest BCUT2D eigenvalue weighted by molar-refractivity contribution is 0.164. The van der Waals surface area contributed by atoms with Gasteiger partial charge in [0.05, 0.1) is 24.2 Å². The maximum Gasteiger partial charge on any atom is 0.531 e. The summed E-state index contributed by atoms with van der Waals surface area (Å²) in [5.74, 6) is -0.297. The van der Waals surface area contributed by atoms with Crippen molar-refractivity contribution >= 4 is 18.9 Å². The number of fused-ring (bicyclic) bond motifs is 1. The first-order valence-corrected chi connectivity index (χ1v) is 9.29. The van der Waals surface area contributed by atoms with Crippen molar-refractivity contribution in [3.05, 3.63) is 34.6 Å². The molecular weight excluding hydrogens is 331 g/mol. The summed E-state index contributed by atoms with van der Waals surface area (Å²) in [6.45, 7) is 9.27. The van der Waals surface area contributed by atoms with Gasteiger partial charge in [0.15, 0.2) is 0 Å². The zero-order chi connectivity index (χ0) is 18.0. The number of nitrogens with zero attached hydrogens (tertiary/aromatic N) is 2. The van der Waals surface area contributed by atoms with Gasteiger partial charge in [-0.05, 0) is 46.8 Å². The van der Waals surface area contributed by atoms with Crippen LogP contribution in [0.3, 0.4) is 0 Å². The molecule has 0 N–H and O–H groups in total. The average molecular weight is 354 g/mol. The first-order chi connectivity index (χ1) is 11.2. The van der Waals surface area contributed by atoms with Gasteiger partial charge in [0, 0.05) is 5.54 Å². The van der Waals surface area contributed by atoms with Gasteiger partial charge in [-0.15, -0.1) is 0 Å². The Morgan fingerprint density at radius 2 is 1.71 bits per heavy atom. The van der Waals surface area contributed by atoms with E-state index in [9.17, 15) is 9.36 Å². The monoisotopic (exact) mass is 354 g/mol. The van der Waals surface area contributed by atoms with E-state index in [2.05, 4.69) is 4.98 Å². The third-order valence-electron chi connectivity index (χ3n) is 3.17. The molecule has 0 amide bonds. The van der Waals surface area contributed by atoms with Crippen LogP contribution in [0.25, 0.3) is 11.0 Å². The predicted molar refractivity (Wildman–Crippen MR) is 92.5 cm³/mol. The maximum absolute atomic E-state index is 12.9. The highest BCUT2D eigenvalue weighted by Crippen LogP contribution is 2.48. The van der Waals surface area contributed by atoms with E-state index in [4.69, 9.17) is 13.6 Å². The second-order valence-corrected chi connectivity index (χ2v) is 7.68. The first kappa shape index (κ1) is 18.6. The van der Waals surface area contributed by atoms with Gasteiger partial charge in [-0.1, -0.05) is 12.1 Å². The highest BCUT2D eigenvalue weighted by Gasteiger charge is 2.31. The molecule has 0 aliphatic carbocycles. The lowest BCUT2D eigenvalue weighted by Gasteiger charge is -2.25. The van der Waals surface area contributed by atoms with Crippen LogP contribution in [0.5, 0.6) is 5.88 Å². The molecule has 1 heterocycles. The number of benzene rings is 1. The van der Waals surface area contributed by atoms with E-state index in [-0.39, 0.29) is 19.1 Å². The van der Waals surface area contributed by atoms with Crippen molar-refractivity contribution in [3.63, 3.8) is 0 Å². The summed E-state index contributed by atoms with van der Waals surface area (Å²) in [6.07, 6.45) is 0. The molecule has 0 aliphatic rings. The Balaban J connectivity index is 2.66. The number of para-hydroxylation sites is 2. The number of phosphoric acid groups is 1. The van der Waals surface area contributed by atoms with Crippen molar-refractivity contribution in [3.8, 4) is 5.88 Å². The summed E-state index contributed by atoms with van der Waals surface area (Å²) in [6, 6.07) is 7.21. The summed E-state index contributed by atoms with van der Waals surface area (Å²) < 4.78 is 29.6. The molecular formula is C16H23N2O5P. The van der Waals surface area contributed by atoms with Crippen LogP contribution in [-0.2, 0) is 19.2 Å². The molecule has 24 heavy (non-hydrogen) atoms. The molecule has 0 saturated heterocycles. The Bertz CT molecular complexity index is 815. The molecule has 2 rings (SSSR count). The van der Waals surface area contributed by atoms with Crippen LogP contribution in [0, 0.1) is 0 Å². The van der Waals surface area contributed by atoms with Gasteiger partial charge in [0.2, 0.25) is 0 Å². The zero-order valence-electron chi connectivity index (χ0n) is 14.6. The molecule has 132 valence electrons. The predicted octanol–water partition coefficient (Wildman–Crippen LogP) is 3.71. The smallest absolute Gasteiger partial charge is 0.379 e. The molecule has 0 unspecified atom stereocenters. The van der Waals surface area contributed by atoms with Crippen LogP contribution in [0.15, 0.2) is 29.1 Å². The molecule has 1 aromatic carbocycles. The fourth-order valence-corrected chi connectivity index (χ4v) is 3.49. The quantitative estimate of drug-likeness (QED) is 0.736. The Kier molecular flexibility index (Phi) is 5.48. The number of hydrogen-bond acceptors (Lipinski definition) is 6. The lowest BCUT2D eigenvalue weighted by Crippen LogP contribution is -2.35. The van der Waals surface area contributed by atoms with E-state index < -0.39 is 18.9 Å². The summed E-state index contributed by atoms with van der Waals surface area (Å²) >= 11 is 0. The van der Waals surface area contributed by atoms with Gasteiger partial charge in [-0.3, -0.25) is 18.4 Å². The summed E-state index contributed by atoms with van der Waals surface area (Å²) in [5, 5.41) is 0. The van der Waals surface area contributed by atoms with Crippen LogP contribution in [0.4, 0.5) is 0 Å². The van der Waals surface area contributed by atoms with E-state index in [1.165, 1.54) is 0 Å². The Morgan fingerprint density at radius 3 is 2.25 bits per heavy atom. The topological polar surface area (TPSA) is 79.7 Å². The summed E-state index contributed by atoms with van der Waals surface area (Å²) in [5.41, 5.74) is 0.228. The van der Waals surface area contributed by atoms with Crippen molar-refractivity contribution < 1.29 is 18.1 Å². The van der Waals surface area contributed by atoms with E-state index in [0.717, 1.165) is 0 Å². The fourth-order valence-electron chi connectivity index (χ4n) is 2.35. The SMILES string of the molecule is CCOP(=O)(OCC)Oc1nc2ccccc2n(C(C)(C)C)c1=O. The Labute approximate surface area is 141 Å². The van der Waals surface area contributed by atoms with E-state index in [1.807, 2.05) is 32.9 Å². The molecule has 0 saturated carbocycles. The van der Waals surface area contributed by atoms with Crippen molar-refractivity contribution in [1.82, 2.24) is 9.55 Å². The van der Waals surface area contributed by atoms with Crippen LogP contribution in [0.2, 0.25) is 0 Å². The molecule has 0 fully saturated rings. The number of rotatable bonds is 6. The van der Waals surface area contributed by atoms with Crippen LogP contribution in [0.1, 0.15) is 34.6 Å². The Hall–Kier alpha value is -1.69. The standard InChI is InChI=1S/C16H23N2O5P/c1-6-21-24(20,22-7-2)23-14-15(19)18(16(3,4)5)13-11-9-8-10-12(13)17-14/h8-11H,6-7H2,1-5H3. The van der Waals surface area contributed by atoms with Gasteiger partial charge in [-0.2, -0.15) is 0 Å². The van der Waals surface area contributed by atoms with Crippen molar-refractivity contribution in [2.75, 3.05) is 13.2 Å². The van der Waals surface area contributed by atoms with E-state index >= 15 is 0 Å². The molecule has 0 atom stereocenters. The zero-order valence-corrected chi connectivity index (χ0v) is 15.5. The fraction of sp³-hybridized carbons (Fsp3) is 0.500. The number of aromatic nitrogens is 2. The van der Waals surface area contributed by atoms with Crippen molar-refractivity contribution in [2.24, 2.45) is 0 Å². The second kappa shape index (κ2) is 7.05. The maximum atomic E-state index is 12.9. The Morgan fingerprint density at radius 1 is 1.12 bits per heavy atom. The average Bonchev–Trinajstić information content (AvgIpc) is 2.47. The van der Waals surface area contributed by atoms with Crippen LogP contribution < -0.4 is 10.1 Å². The first-order valence-electron chi connectivity index (χ1n) is 7.83. The second-order valence-electron chi connectivity index (χ2n) is 6.09. The number of phosphoric ester groups is 1. The molecule has 7 nitrogen and oxygen atoms in total. The molecule has 8 heteroatoms. The van der Waals surface area contributed by atoms with Gasteiger partial charge >= 0.3 is 13.4 Å². The molecule has 0 aliphatic heterocycles. The van der Waals surface area contributed by atoms with Gasteiger partial charge in [-0.25, -0.2) is 9.55 Å². The molecule has 2 aromatic rings. The molecule has 0 radical (unpaired) electrons. The highest BCUT2D eigenvalue weighted by atomic mass is 31.2. The third kappa shape index (κ3) is 3.86. The summed E-state index contributed by atoms with van der Waals surface area (Å²) in [7, 11) is -3.89.